The molecule has 184 valence electrons. The highest BCUT2D eigenvalue weighted by molar-refractivity contribution is 7.93. The van der Waals surface area contributed by atoms with Gasteiger partial charge in [0, 0.05) is 13.1 Å². The van der Waals surface area contributed by atoms with Gasteiger partial charge in [-0.15, -0.1) is 0 Å². The minimum absolute atomic E-state index is 0.00493. The van der Waals surface area contributed by atoms with Crippen molar-refractivity contribution < 1.29 is 27.5 Å². The fraction of sp³-hybridized carbons (Fsp3) is 0.440. The van der Waals surface area contributed by atoms with Crippen molar-refractivity contribution in [3.63, 3.8) is 0 Å². The largest absolute Gasteiger partial charge is 0.495 e. The lowest BCUT2D eigenvalue weighted by Crippen LogP contribution is -2.46. The summed E-state index contributed by atoms with van der Waals surface area (Å²) in [4.78, 5) is 26.9. The summed E-state index contributed by atoms with van der Waals surface area (Å²) in [7, 11) is -2.70. The fourth-order valence-electron chi connectivity index (χ4n) is 4.05. The van der Waals surface area contributed by atoms with Crippen LogP contribution in [-0.4, -0.2) is 58.5 Å². The highest BCUT2D eigenvalue weighted by atomic mass is 32.2. The first-order valence-corrected chi connectivity index (χ1v) is 12.8. The third-order valence-electron chi connectivity index (χ3n) is 5.92. The standard InChI is InChI=1S/C25H32N2O6S/c1-5-33-25(29)20-11-13-26(14-12-20)24(28)17-27(21-8-6-7-18(2)15-21)34(30,31)23-16-19(3)9-10-22(23)32-4/h6-10,15-16,20H,5,11-14,17H2,1-4H3. The Bertz CT molecular complexity index is 1140. The number of ether oxygens (including phenoxy) is 2. The fourth-order valence-corrected chi connectivity index (χ4v) is 5.70. The molecule has 0 radical (unpaired) electrons. The number of hydrogen-bond donors (Lipinski definition) is 0. The van der Waals surface area contributed by atoms with Gasteiger partial charge in [-0.05, 0) is 69.0 Å². The molecule has 0 spiro atoms. The highest BCUT2D eigenvalue weighted by Gasteiger charge is 2.33. The van der Waals surface area contributed by atoms with Crippen molar-refractivity contribution in [1.29, 1.82) is 0 Å². The maximum atomic E-state index is 13.8. The predicted octanol–water partition coefficient (Wildman–Crippen LogP) is 3.31. The number of nitrogens with zero attached hydrogens (tertiary/aromatic N) is 2. The van der Waals surface area contributed by atoms with Gasteiger partial charge in [-0.2, -0.15) is 0 Å². The summed E-state index contributed by atoms with van der Waals surface area (Å²) < 4.78 is 39.2. The first-order valence-electron chi connectivity index (χ1n) is 11.4. The second kappa shape index (κ2) is 10.9. The summed E-state index contributed by atoms with van der Waals surface area (Å²) in [6.07, 6.45) is 0.987. The van der Waals surface area contributed by atoms with E-state index in [9.17, 15) is 18.0 Å². The number of aryl methyl sites for hydroxylation is 2. The van der Waals surface area contributed by atoms with Gasteiger partial charge in [0.25, 0.3) is 10.0 Å². The van der Waals surface area contributed by atoms with Crippen molar-refractivity contribution in [3.05, 3.63) is 53.6 Å². The molecule has 1 fully saturated rings. The summed E-state index contributed by atoms with van der Waals surface area (Å²) in [5.41, 5.74) is 2.03. The van der Waals surface area contributed by atoms with Crippen LogP contribution in [-0.2, 0) is 24.3 Å². The maximum absolute atomic E-state index is 13.8. The third kappa shape index (κ3) is 5.70. The molecule has 1 amide bonds. The van der Waals surface area contributed by atoms with Crippen LogP contribution in [0.15, 0.2) is 47.4 Å². The van der Waals surface area contributed by atoms with Crippen LogP contribution in [0.3, 0.4) is 0 Å². The second-order valence-corrected chi connectivity index (χ2v) is 10.2. The Morgan fingerprint density at radius 1 is 1.06 bits per heavy atom. The van der Waals surface area contributed by atoms with E-state index in [-0.39, 0.29) is 35.0 Å². The van der Waals surface area contributed by atoms with Gasteiger partial charge in [-0.25, -0.2) is 8.42 Å². The van der Waals surface area contributed by atoms with E-state index in [2.05, 4.69) is 0 Å². The van der Waals surface area contributed by atoms with Crippen LogP contribution in [0.4, 0.5) is 5.69 Å². The molecule has 0 N–H and O–H groups in total. The first kappa shape index (κ1) is 25.6. The molecule has 34 heavy (non-hydrogen) atoms. The third-order valence-corrected chi connectivity index (χ3v) is 7.72. The Labute approximate surface area is 201 Å². The number of piperidine rings is 1. The Morgan fingerprint density at radius 2 is 1.74 bits per heavy atom. The zero-order chi connectivity index (χ0) is 24.9. The number of hydrogen-bond acceptors (Lipinski definition) is 6. The Balaban J connectivity index is 1.89. The number of likely N-dealkylation sites (tertiary alicyclic amines) is 1. The SMILES string of the molecule is CCOC(=O)C1CCN(C(=O)CN(c2cccc(C)c2)S(=O)(=O)c2cc(C)ccc2OC)CC1. The number of carbonyl (C=O) groups excluding carboxylic acids is 2. The average Bonchev–Trinajstić information content (AvgIpc) is 2.82. The number of rotatable bonds is 8. The Kier molecular flexibility index (Phi) is 8.19. The van der Waals surface area contributed by atoms with Crippen LogP contribution in [0.1, 0.15) is 30.9 Å². The lowest BCUT2D eigenvalue weighted by molar-refractivity contribution is -0.151. The van der Waals surface area contributed by atoms with Gasteiger partial charge in [-0.3, -0.25) is 13.9 Å². The molecule has 0 atom stereocenters. The zero-order valence-electron chi connectivity index (χ0n) is 20.1. The number of methoxy groups -OCH3 is 1. The molecule has 2 aromatic carbocycles. The van der Waals surface area contributed by atoms with Crippen LogP contribution < -0.4 is 9.04 Å². The number of benzene rings is 2. The second-order valence-electron chi connectivity index (χ2n) is 8.41. The lowest BCUT2D eigenvalue weighted by Gasteiger charge is -2.33. The number of amides is 1. The quantitative estimate of drug-likeness (QED) is 0.530. The molecule has 1 heterocycles. The molecule has 0 aromatic heterocycles. The van der Waals surface area contributed by atoms with Crippen LogP contribution >= 0.6 is 0 Å². The topological polar surface area (TPSA) is 93.2 Å². The molecule has 1 aliphatic rings. The van der Waals surface area contributed by atoms with Gasteiger partial charge < -0.3 is 14.4 Å². The van der Waals surface area contributed by atoms with Crippen molar-refractivity contribution in [2.24, 2.45) is 5.92 Å². The lowest BCUT2D eigenvalue weighted by atomic mass is 9.97. The number of sulfonamides is 1. The molecule has 8 nitrogen and oxygen atoms in total. The van der Waals surface area contributed by atoms with Crippen LogP contribution in [0.2, 0.25) is 0 Å². The first-order chi connectivity index (χ1) is 16.2. The van der Waals surface area contributed by atoms with E-state index >= 15 is 0 Å². The van der Waals surface area contributed by atoms with Crippen molar-refractivity contribution >= 4 is 27.6 Å². The van der Waals surface area contributed by atoms with E-state index < -0.39 is 10.0 Å². The van der Waals surface area contributed by atoms with Crippen molar-refractivity contribution in [2.75, 3.05) is 37.7 Å². The molecule has 0 unspecified atom stereocenters. The number of esters is 1. The van der Waals surface area contributed by atoms with Gasteiger partial charge in [0.1, 0.15) is 17.2 Å². The minimum Gasteiger partial charge on any atom is -0.495 e. The summed E-state index contributed by atoms with van der Waals surface area (Å²) in [5.74, 6) is -0.591. The van der Waals surface area contributed by atoms with E-state index in [1.54, 1.807) is 55.1 Å². The molecule has 0 saturated carbocycles. The highest BCUT2D eigenvalue weighted by Crippen LogP contribution is 2.31. The molecule has 0 bridgehead atoms. The predicted molar refractivity (Wildman–Crippen MR) is 129 cm³/mol. The molecule has 2 aromatic rings. The average molecular weight is 489 g/mol. The summed E-state index contributed by atoms with van der Waals surface area (Å²) in [6, 6.07) is 12.0. The van der Waals surface area contributed by atoms with Crippen molar-refractivity contribution in [3.8, 4) is 5.75 Å². The van der Waals surface area contributed by atoms with Gasteiger partial charge in [0.15, 0.2) is 0 Å². The van der Waals surface area contributed by atoms with E-state index in [4.69, 9.17) is 9.47 Å². The zero-order valence-corrected chi connectivity index (χ0v) is 20.9. The molecule has 1 saturated heterocycles. The Hall–Kier alpha value is -3.07. The summed E-state index contributed by atoms with van der Waals surface area (Å²) in [5, 5.41) is 0. The summed E-state index contributed by atoms with van der Waals surface area (Å²) in [6.45, 7) is 6.14. The van der Waals surface area contributed by atoms with Crippen LogP contribution in [0.25, 0.3) is 0 Å². The van der Waals surface area contributed by atoms with Gasteiger partial charge >= 0.3 is 5.97 Å². The van der Waals surface area contributed by atoms with Crippen molar-refractivity contribution in [1.82, 2.24) is 4.90 Å². The van der Waals surface area contributed by atoms with Gasteiger partial charge in [-0.1, -0.05) is 18.2 Å². The van der Waals surface area contributed by atoms with Crippen molar-refractivity contribution in [2.45, 2.75) is 38.5 Å². The molecular weight excluding hydrogens is 456 g/mol. The van der Waals surface area contributed by atoms with Crippen LogP contribution in [0.5, 0.6) is 5.75 Å². The van der Waals surface area contributed by atoms with E-state index in [0.717, 1.165) is 15.4 Å². The van der Waals surface area contributed by atoms with E-state index in [0.29, 0.717) is 38.2 Å². The van der Waals surface area contributed by atoms with Gasteiger partial charge in [0.2, 0.25) is 5.91 Å². The normalized spacial score (nSPS) is 14.5. The van der Waals surface area contributed by atoms with Gasteiger partial charge in [0.05, 0.1) is 25.3 Å². The molecule has 9 heteroatoms. The maximum Gasteiger partial charge on any atom is 0.309 e. The molecule has 0 aliphatic carbocycles. The number of carbonyl (C=O) groups is 2. The molecular formula is C25H32N2O6S. The van der Waals surface area contributed by atoms with E-state index in [1.807, 2.05) is 13.0 Å². The monoisotopic (exact) mass is 488 g/mol. The molecule has 3 rings (SSSR count). The van der Waals surface area contributed by atoms with Crippen LogP contribution in [0, 0.1) is 19.8 Å². The number of anilines is 1. The Morgan fingerprint density at radius 3 is 2.35 bits per heavy atom. The van der Waals surface area contributed by atoms with E-state index in [1.165, 1.54) is 7.11 Å². The minimum atomic E-state index is -4.11. The summed E-state index contributed by atoms with van der Waals surface area (Å²) >= 11 is 0. The smallest absolute Gasteiger partial charge is 0.309 e. The molecule has 1 aliphatic heterocycles.